The van der Waals surface area contributed by atoms with E-state index in [1.807, 2.05) is 12.1 Å². The first-order valence-electron chi connectivity index (χ1n) is 6.37. The third kappa shape index (κ3) is 3.93. The van der Waals surface area contributed by atoms with Gasteiger partial charge < -0.3 is 14.8 Å². The number of nitrogens with one attached hydrogen (secondary N) is 1. The van der Waals surface area contributed by atoms with E-state index in [2.05, 4.69) is 17.4 Å². The first-order valence-corrected chi connectivity index (χ1v) is 6.37. The molecule has 0 radical (unpaired) electrons. The average Bonchev–Trinajstić information content (AvgIpc) is 2.85. The minimum Gasteiger partial charge on any atom is -0.491 e. The van der Waals surface area contributed by atoms with E-state index in [-0.39, 0.29) is 0 Å². The van der Waals surface area contributed by atoms with Crippen LogP contribution in [0.3, 0.4) is 0 Å². The normalized spacial score (nSPS) is 16.1. The van der Waals surface area contributed by atoms with Gasteiger partial charge >= 0.3 is 0 Å². The van der Waals surface area contributed by atoms with Crippen LogP contribution in [0, 0.1) is 0 Å². The van der Waals surface area contributed by atoms with Crippen LogP contribution in [0.1, 0.15) is 25.7 Å². The molecule has 0 bridgehead atoms. The van der Waals surface area contributed by atoms with Gasteiger partial charge in [-0.2, -0.15) is 0 Å². The summed E-state index contributed by atoms with van der Waals surface area (Å²) in [6.45, 7) is 1.23. The minimum absolute atomic E-state index is 0.603. The number of hydrogen-bond acceptors (Lipinski definition) is 3. The van der Waals surface area contributed by atoms with Crippen molar-refractivity contribution >= 4 is 5.69 Å². The van der Waals surface area contributed by atoms with Gasteiger partial charge in [-0.1, -0.05) is 12.8 Å². The Morgan fingerprint density at radius 3 is 2.47 bits per heavy atom. The van der Waals surface area contributed by atoms with Crippen LogP contribution in [0.15, 0.2) is 24.3 Å². The van der Waals surface area contributed by atoms with Crippen LogP contribution in [-0.2, 0) is 4.74 Å². The summed E-state index contributed by atoms with van der Waals surface area (Å²) in [5.74, 6) is 0.902. The van der Waals surface area contributed by atoms with E-state index in [4.69, 9.17) is 9.47 Å². The highest BCUT2D eigenvalue weighted by Crippen LogP contribution is 2.23. The molecule has 1 fully saturated rings. The van der Waals surface area contributed by atoms with Crippen LogP contribution in [0.25, 0.3) is 0 Å². The lowest BCUT2D eigenvalue weighted by Gasteiger charge is -2.14. The van der Waals surface area contributed by atoms with Gasteiger partial charge in [0, 0.05) is 18.8 Å². The fraction of sp³-hybridized carbons (Fsp3) is 0.571. The van der Waals surface area contributed by atoms with Crippen molar-refractivity contribution in [3.05, 3.63) is 24.3 Å². The summed E-state index contributed by atoms with van der Waals surface area (Å²) in [5.41, 5.74) is 1.19. The highest BCUT2D eigenvalue weighted by atomic mass is 16.5. The lowest BCUT2D eigenvalue weighted by atomic mass is 10.2. The fourth-order valence-corrected chi connectivity index (χ4v) is 2.20. The Balaban J connectivity index is 1.80. The van der Waals surface area contributed by atoms with Crippen molar-refractivity contribution in [3.63, 3.8) is 0 Å². The Morgan fingerprint density at radius 2 is 1.82 bits per heavy atom. The first kappa shape index (κ1) is 12.2. The molecule has 1 aromatic rings. The largest absolute Gasteiger partial charge is 0.491 e. The van der Waals surface area contributed by atoms with Crippen molar-refractivity contribution in [2.45, 2.75) is 31.7 Å². The van der Waals surface area contributed by atoms with E-state index in [0.29, 0.717) is 19.3 Å². The highest BCUT2D eigenvalue weighted by Gasteiger charge is 2.13. The highest BCUT2D eigenvalue weighted by molar-refractivity contribution is 5.47. The fourth-order valence-electron chi connectivity index (χ4n) is 2.20. The summed E-state index contributed by atoms with van der Waals surface area (Å²) in [5, 5.41) is 3.56. The molecule has 17 heavy (non-hydrogen) atoms. The maximum Gasteiger partial charge on any atom is 0.119 e. The second-order valence-corrected chi connectivity index (χ2v) is 4.49. The van der Waals surface area contributed by atoms with Gasteiger partial charge in [-0.15, -0.1) is 0 Å². The van der Waals surface area contributed by atoms with Crippen molar-refractivity contribution in [2.24, 2.45) is 0 Å². The van der Waals surface area contributed by atoms with E-state index in [1.54, 1.807) is 7.11 Å². The summed E-state index contributed by atoms with van der Waals surface area (Å²) in [6, 6.07) is 8.84. The molecule has 0 heterocycles. The zero-order chi connectivity index (χ0) is 11.9. The van der Waals surface area contributed by atoms with Gasteiger partial charge in [0.15, 0.2) is 0 Å². The molecule has 1 N–H and O–H groups in total. The summed E-state index contributed by atoms with van der Waals surface area (Å²) < 4.78 is 10.5. The summed E-state index contributed by atoms with van der Waals surface area (Å²) >= 11 is 0. The molecule has 1 aliphatic carbocycles. The molecule has 94 valence electrons. The van der Waals surface area contributed by atoms with Gasteiger partial charge in [0.05, 0.1) is 6.61 Å². The Hall–Kier alpha value is -1.22. The Labute approximate surface area is 103 Å². The summed E-state index contributed by atoms with van der Waals surface area (Å²) in [4.78, 5) is 0. The molecule has 1 aliphatic rings. The smallest absolute Gasteiger partial charge is 0.119 e. The van der Waals surface area contributed by atoms with E-state index < -0.39 is 0 Å². The van der Waals surface area contributed by atoms with Gasteiger partial charge in [-0.3, -0.25) is 0 Å². The van der Waals surface area contributed by atoms with Crippen molar-refractivity contribution in [2.75, 3.05) is 25.6 Å². The van der Waals surface area contributed by atoms with Gasteiger partial charge in [-0.05, 0) is 37.1 Å². The zero-order valence-electron chi connectivity index (χ0n) is 10.4. The van der Waals surface area contributed by atoms with Crippen molar-refractivity contribution in [1.82, 2.24) is 0 Å². The van der Waals surface area contributed by atoms with Crippen molar-refractivity contribution < 1.29 is 9.47 Å². The average molecular weight is 235 g/mol. The standard InChI is InChI=1S/C14H21NO2/c1-16-10-11-17-14-8-6-13(7-9-14)15-12-4-2-3-5-12/h6-9,12,15H,2-5,10-11H2,1H3. The van der Waals surface area contributed by atoms with Crippen molar-refractivity contribution in [3.8, 4) is 5.75 Å². The van der Waals surface area contributed by atoms with Crippen LogP contribution in [0.2, 0.25) is 0 Å². The molecule has 0 atom stereocenters. The minimum atomic E-state index is 0.603. The number of methoxy groups -OCH3 is 1. The van der Waals surface area contributed by atoms with E-state index in [9.17, 15) is 0 Å². The van der Waals surface area contributed by atoms with Crippen LogP contribution in [0.5, 0.6) is 5.75 Å². The van der Waals surface area contributed by atoms with Crippen LogP contribution in [0.4, 0.5) is 5.69 Å². The molecule has 0 saturated heterocycles. The van der Waals surface area contributed by atoms with Gasteiger partial charge in [0.2, 0.25) is 0 Å². The zero-order valence-corrected chi connectivity index (χ0v) is 10.4. The number of hydrogen-bond donors (Lipinski definition) is 1. The molecule has 1 saturated carbocycles. The third-order valence-corrected chi connectivity index (χ3v) is 3.14. The molecule has 0 aliphatic heterocycles. The van der Waals surface area contributed by atoms with Gasteiger partial charge in [0.1, 0.15) is 12.4 Å². The molecule has 0 aromatic heterocycles. The quantitative estimate of drug-likeness (QED) is 0.769. The molecule has 1 aromatic carbocycles. The van der Waals surface area contributed by atoms with E-state index >= 15 is 0 Å². The van der Waals surface area contributed by atoms with E-state index in [1.165, 1.54) is 31.4 Å². The van der Waals surface area contributed by atoms with Crippen LogP contribution >= 0.6 is 0 Å². The maximum absolute atomic E-state index is 5.52. The van der Waals surface area contributed by atoms with E-state index in [0.717, 1.165) is 5.75 Å². The number of ether oxygens (including phenoxy) is 2. The number of anilines is 1. The van der Waals surface area contributed by atoms with Crippen molar-refractivity contribution in [1.29, 1.82) is 0 Å². The molecule has 3 heteroatoms. The third-order valence-electron chi connectivity index (χ3n) is 3.14. The lowest BCUT2D eigenvalue weighted by Crippen LogP contribution is -2.14. The molecular formula is C14H21NO2. The maximum atomic E-state index is 5.52. The molecule has 0 amide bonds. The second-order valence-electron chi connectivity index (χ2n) is 4.49. The summed E-state index contributed by atoms with van der Waals surface area (Å²) in [6.07, 6.45) is 5.31. The molecule has 2 rings (SSSR count). The predicted molar refractivity (Wildman–Crippen MR) is 69.7 cm³/mol. The first-order chi connectivity index (χ1) is 8.38. The summed E-state index contributed by atoms with van der Waals surface area (Å²) in [7, 11) is 1.68. The van der Waals surface area contributed by atoms with Gasteiger partial charge in [0.25, 0.3) is 0 Å². The van der Waals surface area contributed by atoms with Gasteiger partial charge in [-0.25, -0.2) is 0 Å². The predicted octanol–water partition coefficient (Wildman–Crippen LogP) is 3.07. The molecular weight excluding hydrogens is 214 g/mol. The lowest BCUT2D eigenvalue weighted by molar-refractivity contribution is 0.146. The van der Waals surface area contributed by atoms with Crippen LogP contribution < -0.4 is 10.1 Å². The Kier molecular flexibility index (Phi) is 4.68. The Morgan fingerprint density at radius 1 is 1.12 bits per heavy atom. The second kappa shape index (κ2) is 6.50. The van der Waals surface area contributed by atoms with Crippen LogP contribution in [-0.4, -0.2) is 26.4 Å². The molecule has 0 spiro atoms. The SMILES string of the molecule is COCCOc1ccc(NC2CCCC2)cc1. The number of benzene rings is 1. The monoisotopic (exact) mass is 235 g/mol. The Bertz CT molecular complexity index is 317. The topological polar surface area (TPSA) is 30.5 Å². The molecule has 0 unspecified atom stereocenters. The number of rotatable bonds is 6. The molecule has 3 nitrogen and oxygen atoms in total.